The van der Waals surface area contributed by atoms with Crippen LogP contribution in [0.2, 0.25) is 10.0 Å². The third-order valence-corrected chi connectivity index (χ3v) is 6.72. The van der Waals surface area contributed by atoms with Gasteiger partial charge in [0.1, 0.15) is 12.4 Å². The van der Waals surface area contributed by atoms with E-state index in [1.165, 1.54) is 17.0 Å². The number of hydrogen-bond acceptors (Lipinski definition) is 5. The third kappa shape index (κ3) is 6.17. The second-order valence-electron chi connectivity index (χ2n) is 7.57. The Bertz CT molecular complexity index is 1300. The van der Waals surface area contributed by atoms with Gasteiger partial charge in [-0.1, -0.05) is 47.5 Å². The molecule has 3 aromatic carbocycles. The van der Waals surface area contributed by atoms with Gasteiger partial charge in [-0.15, -0.1) is 0 Å². The van der Waals surface area contributed by atoms with Crippen molar-refractivity contribution in [3.05, 3.63) is 98.1 Å². The number of thioether (sulfide) groups is 1. The topological polar surface area (TPSA) is 55.8 Å². The van der Waals surface area contributed by atoms with Gasteiger partial charge in [0.2, 0.25) is 0 Å². The molecule has 2 amide bonds. The van der Waals surface area contributed by atoms with E-state index in [0.29, 0.717) is 44.2 Å². The molecule has 0 N–H and O–H groups in total. The highest BCUT2D eigenvalue weighted by atomic mass is 35.5. The van der Waals surface area contributed by atoms with E-state index in [1.807, 2.05) is 6.92 Å². The van der Waals surface area contributed by atoms with Gasteiger partial charge in [-0.3, -0.25) is 14.5 Å². The van der Waals surface area contributed by atoms with Gasteiger partial charge in [-0.2, -0.15) is 0 Å². The number of amides is 2. The van der Waals surface area contributed by atoms with E-state index in [0.717, 1.165) is 17.3 Å². The lowest BCUT2D eigenvalue weighted by Gasteiger charge is -2.13. The van der Waals surface area contributed by atoms with Gasteiger partial charge in [-0.25, -0.2) is 4.39 Å². The van der Waals surface area contributed by atoms with Crippen LogP contribution in [0.3, 0.4) is 0 Å². The second-order valence-corrected chi connectivity index (χ2v) is 9.38. The van der Waals surface area contributed by atoms with Crippen molar-refractivity contribution in [3.8, 4) is 11.5 Å². The van der Waals surface area contributed by atoms with E-state index in [2.05, 4.69) is 0 Å². The SMILES string of the molecule is CCOc1cc(/C=C2\SC(=O)N(Cc3ccc(Cl)c(Cl)c3)C2=O)ccc1OCc1ccc(F)cc1. The fourth-order valence-corrected chi connectivity index (χ4v) is 4.51. The highest BCUT2D eigenvalue weighted by Crippen LogP contribution is 2.36. The minimum absolute atomic E-state index is 0.0965. The highest BCUT2D eigenvalue weighted by Gasteiger charge is 2.35. The van der Waals surface area contributed by atoms with Gasteiger partial charge in [-0.05, 0) is 77.9 Å². The van der Waals surface area contributed by atoms with Crippen molar-refractivity contribution < 1.29 is 23.5 Å². The number of carbonyl (C=O) groups excluding carboxylic acids is 2. The molecule has 1 heterocycles. The molecule has 0 unspecified atom stereocenters. The van der Waals surface area contributed by atoms with Crippen LogP contribution in [0.15, 0.2) is 65.6 Å². The number of rotatable bonds is 8. The minimum Gasteiger partial charge on any atom is -0.490 e. The summed E-state index contributed by atoms with van der Waals surface area (Å²) in [5.74, 6) is 0.314. The molecule has 0 aromatic heterocycles. The highest BCUT2D eigenvalue weighted by molar-refractivity contribution is 8.18. The number of hydrogen-bond donors (Lipinski definition) is 0. The van der Waals surface area contributed by atoms with Gasteiger partial charge < -0.3 is 9.47 Å². The summed E-state index contributed by atoms with van der Waals surface area (Å²) in [6.45, 7) is 2.61. The monoisotopic (exact) mass is 531 g/mol. The van der Waals surface area contributed by atoms with Gasteiger partial charge in [0, 0.05) is 0 Å². The lowest BCUT2D eigenvalue weighted by atomic mass is 10.1. The molecule has 9 heteroatoms. The van der Waals surface area contributed by atoms with Crippen LogP contribution in [0.1, 0.15) is 23.6 Å². The van der Waals surface area contributed by atoms with Crippen LogP contribution in [-0.4, -0.2) is 22.7 Å². The van der Waals surface area contributed by atoms with Gasteiger partial charge in [0.05, 0.1) is 28.1 Å². The Balaban J connectivity index is 1.50. The number of halogens is 3. The third-order valence-electron chi connectivity index (χ3n) is 5.07. The first kappa shape index (κ1) is 25.1. The number of imide groups is 1. The summed E-state index contributed by atoms with van der Waals surface area (Å²) in [4.78, 5) is 26.9. The van der Waals surface area contributed by atoms with E-state index in [-0.39, 0.29) is 30.1 Å². The Morgan fingerprint density at radius 2 is 1.66 bits per heavy atom. The normalized spacial score (nSPS) is 14.6. The lowest BCUT2D eigenvalue weighted by Crippen LogP contribution is -2.27. The summed E-state index contributed by atoms with van der Waals surface area (Å²) in [6.07, 6.45) is 1.64. The zero-order chi connectivity index (χ0) is 24.9. The van der Waals surface area contributed by atoms with Crippen LogP contribution < -0.4 is 9.47 Å². The second kappa shape index (κ2) is 11.2. The molecule has 1 fully saturated rings. The molecule has 35 heavy (non-hydrogen) atoms. The van der Waals surface area contributed by atoms with E-state index < -0.39 is 0 Å². The maximum absolute atomic E-state index is 13.1. The van der Waals surface area contributed by atoms with Crippen LogP contribution in [-0.2, 0) is 17.9 Å². The van der Waals surface area contributed by atoms with Gasteiger partial charge >= 0.3 is 0 Å². The zero-order valence-electron chi connectivity index (χ0n) is 18.6. The quantitative estimate of drug-likeness (QED) is 0.284. The van der Waals surface area contributed by atoms with Crippen molar-refractivity contribution in [1.29, 1.82) is 0 Å². The van der Waals surface area contributed by atoms with Gasteiger partial charge in [0.25, 0.3) is 11.1 Å². The minimum atomic E-state index is -0.388. The molecule has 0 spiro atoms. The molecular formula is C26H20Cl2FNO4S. The van der Waals surface area contributed by atoms with Crippen LogP contribution in [0.25, 0.3) is 6.08 Å². The van der Waals surface area contributed by atoms with Crippen molar-refractivity contribution in [2.45, 2.75) is 20.1 Å². The summed E-state index contributed by atoms with van der Waals surface area (Å²) in [6, 6.07) is 16.3. The first-order chi connectivity index (χ1) is 16.8. The van der Waals surface area contributed by atoms with E-state index in [9.17, 15) is 14.0 Å². The van der Waals surface area contributed by atoms with Crippen molar-refractivity contribution >= 4 is 52.2 Å². The molecule has 0 bridgehead atoms. The number of ether oxygens (including phenoxy) is 2. The van der Waals surface area contributed by atoms with E-state index >= 15 is 0 Å². The molecule has 1 saturated heterocycles. The molecule has 0 radical (unpaired) electrons. The summed E-state index contributed by atoms with van der Waals surface area (Å²) in [7, 11) is 0. The van der Waals surface area contributed by atoms with Crippen LogP contribution in [0.5, 0.6) is 11.5 Å². The summed E-state index contributed by atoms with van der Waals surface area (Å²) >= 11 is 12.9. The molecule has 1 aliphatic rings. The molecular weight excluding hydrogens is 512 g/mol. The fourth-order valence-electron chi connectivity index (χ4n) is 3.35. The smallest absolute Gasteiger partial charge is 0.293 e. The van der Waals surface area contributed by atoms with Crippen molar-refractivity contribution in [1.82, 2.24) is 4.90 Å². The number of carbonyl (C=O) groups is 2. The molecule has 1 aliphatic heterocycles. The molecule has 0 saturated carbocycles. The van der Waals surface area contributed by atoms with Crippen LogP contribution in [0.4, 0.5) is 9.18 Å². The fraction of sp³-hybridized carbons (Fsp3) is 0.154. The number of nitrogens with zero attached hydrogens (tertiary/aromatic N) is 1. The van der Waals surface area contributed by atoms with Gasteiger partial charge in [0.15, 0.2) is 11.5 Å². The predicted octanol–water partition coefficient (Wildman–Crippen LogP) is 7.35. The number of benzene rings is 3. The van der Waals surface area contributed by atoms with E-state index in [4.69, 9.17) is 32.7 Å². The van der Waals surface area contributed by atoms with E-state index in [1.54, 1.807) is 54.6 Å². The van der Waals surface area contributed by atoms with Crippen molar-refractivity contribution in [3.63, 3.8) is 0 Å². The average Bonchev–Trinajstić information content (AvgIpc) is 3.09. The Morgan fingerprint density at radius 1 is 0.914 bits per heavy atom. The molecule has 180 valence electrons. The molecule has 4 rings (SSSR count). The molecule has 0 atom stereocenters. The molecule has 0 aliphatic carbocycles. The Morgan fingerprint density at radius 3 is 2.37 bits per heavy atom. The maximum atomic E-state index is 13.1. The van der Waals surface area contributed by atoms with Crippen molar-refractivity contribution in [2.75, 3.05) is 6.61 Å². The summed E-state index contributed by atoms with van der Waals surface area (Å²) < 4.78 is 24.7. The Labute approximate surface area is 216 Å². The summed E-state index contributed by atoms with van der Waals surface area (Å²) in [5.41, 5.74) is 2.19. The maximum Gasteiger partial charge on any atom is 0.293 e. The first-order valence-corrected chi connectivity index (χ1v) is 12.2. The van der Waals surface area contributed by atoms with Crippen LogP contribution in [0, 0.1) is 5.82 Å². The molecule has 3 aromatic rings. The zero-order valence-corrected chi connectivity index (χ0v) is 20.9. The molecule has 5 nitrogen and oxygen atoms in total. The Kier molecular flexibility index (Phi) is 8.00. The lowest BCUT2D eigenvalue weighted by molar-refractivity contribution is -0.123. The average molecular weight is 532 g/mol. The standard InChI is InChI=1S/C26H20Cl2FNO4S/c1-2-33-23-12-17(6-10-22(23)34-15-16-3-7-19(29)8-4-16)13-24-25(31)30(26(32)35-24)14-18-5-9-20(27)21(28)11-18/h3-13H,2,14-15H2,1H3/b24-13-. The predicted molar refractivity (Wildman–Crippen MR) is 136 cm³/mol. The Hall–Kier alpha value is -3.00. The van der Waals surface area contributed by atoms with Crippen molar-refractivity contribution in [2.24, 2.45) is 0 Å². The largest absolute Gasteiger partial charge is 0.490 e. The first-order valence-electron chi connectivity index (χ1n) is 10.7. The summed E-state index contributed by atoms with van der Waals surface area (Å²) in [5, 5.41) is 0.396. The van der Waals surface area contributed by atoms with Crippen LogP contribution >= 0.6 is 35.0 Å².